The summed E-state index contributed by atoms with van der Waals surface area (Å²) in [5.41, 5.74) is 1.97. The second kappa shape index (κ2) is 3.54. The van der Waals surface area contributed by atoms with Crippen LogP contribution in [0, 0.1) is 18.3 Å². The van der Waals surface area contributed by atoms with Crippen molar-refractivity contribution in [2.75, 3.05) is 0 Å². The summed E-state index contributed by atoms with van der Waals surface area (Å²) in [5, 5.41) is 8.96. The lowest BCUT2D eigenvalue weighted by Crippen LogP contribution is -1.96. The van der Waals surface area contributed by atoms with Gasteiger partial charge in [0.1, 0.15) is 17.6 Å². The molecule has 0 saturated carbocycles. The van der Waals surface area contributed by atoms with Crippen molar-refractivity contribution in [2.45, 2.75) is 6.92 Å². The van der Waals surface area contributed by atoms with Gasteiger partial charge >= 0.3 is 0 Å². The molecule has 2 aromatic heterocycles. The Labute approximate surface area is 87.8 Å². The highest BCUT2D eigenvalue weighted by Crippen LogP contribution is 2.21. The van der Waals surface area contributed by atoms with E-state index in [0.717, 1.165) is 17.2 Å². The van der Waals surface area contributed by atoms with Gasteiger partial charge < -0.3 is 4.57 Å². The number of hydrogen-bond donors (Lipinski definition) is 0. The van der Waals surface area contributed by atoms with Gasteiger partial charge in [-0.3, -0.25) is 4.98 Å². The minimum Gasteiger partial charge on any atom is -0.329 e. The Kier molecular flexibility index (Phi) is 2.22. The molecule has 0 aliphatic rings. The number of rotatable bonds is 1. The van der Waals surface area contributed by atoms with Crippen molar-refractivity contribution in [2.24, 2.45) is 7.05 Å². The van der Waals surface area contributed by atoms with Gasteiger partial charge in [0, 0.05) is 13.2 Å². The fourth-order valence-electron chi connectivity index (χ4n) is 1.48. The maximum atomic E-state index is 8.96. The topological polar surface area (TPSA) is 54.5 Å². The Balaban J connectivity index is 2.68. The molecule has 0 fully saturated rings. The van der Waals surface area contributed by atoms with Gasteiger partial charge in [-0.2, -0.15) is 5.26 Å². The summed E-state index contributed by atoms with van der Waals surface area (Å²) >= 11 is 0. The van der Waals surface area contributed by atoms with Gasteiger partial charge in [-0.25, -0.2) is 4.98 Å². The molecule has 74 valence electrons. The van der Waals surface area contributed by atoms with Crippen LogP contribution in [0.5, 0.6) is 0 Å². The third-order valence-corrected chi connectivity index (χ3v) is 2.33. The Hall–Kier alpha value is -2.15. The highest BCUT2D eigenvalue weighted by molar-refractivity contribution is 5.61. The zero-order chi connectivity index (χ0) is 10.8. The number of aryl methyl sites for hydroxylation is 1. The lowest BCUT2D eigenvalue weighted by Gasteiger charge is -2.02. The molecular weight excluding hydrogens is 188 g/mol. The maximum Gasteiger partial charge on any atom is 0.168 e. The van der Waals surface area contributed by atoms with Gasteiger partial charge in [-0.05, 0) is 19.1 Å². The second-order valence-electron chi connectivity index (χ2n) is 3.24. The Morgan fingerprint density at radius 2 is 2.20 bits per heavy atom. The summed E-state index contributed by atoms with van der Waals surface area (Å²) in [5.74, 6) is 0.812. The van der Waals surface area contributed by atoms with Gasteiger partial charge in [0.05, 0.1) is 5.69 Å². The highest BCUT2D eigenvalue weighted by atomic mass is 15.1. The molecule has 0 N–H and O–H groups in total. The fourth-order valence-corrected chi connectivity index (χ4v) is 1.48. The average molecular weight is 198 g/mol. The second-order valence-corrected chi connectivity index (χ2v) is 3.24. The number of aromatic nitrogens is 3. The summed E-state index contributed by atoms with van der Waals surface area (Å²) in [7, 11) is 1.88. The highest BCUT2D eigenvalue weighted by Gasteiger charge is 2.14. The van der Waals surface area contributed by atoms with Gasteiger partial charge in [0.15, 0.2) is 5.69 Å². The maximum absolute atomic E-state index is 8.96. The summed E-state index contributed by atoms with van der Waals surface area (Å²) in [6.45, 7) is 1.87. The van der Waals surface area contributed by atoms with Crippen LogP contribution in [0.15, 0.2) is 24.4 Å². The average Bonchev–Trinajstić information content (AvgIpc) is 2.56. The van der Waals surface area contributed by atoms with Crippen LogP contribution in [-0.4, -0.2) is 14.5 Å². The van der Waals surface area contributed by atoms with Gasteiger partial charge in [0.25, 0.3) is 0 Å². The normalized spacial score (nSPS) is 9.93. The first-order valence-electron chi connectivity index (χ1n) is 4.59. The van der Waals surface area contributed by atoms with E-state index in [1.807, 2.05) is 36.7 Å². The van der Waals surface area contributed by atoms with E-state index in [-0.39, 0.29) is 0 Å². The third kappa shape index (κ3) is 1.48. The molecule has 2 aromatic rings. The van der Waals surface area contributed by atoms with Crippen molar-refractivity contribution in [3.05, 3.63) is 35.9 Å². The van der Waals surface area contributed by atoms with Crippen LogP contribution in [0.2, 0.25) is 0 Å². The van der Waals surface area contributed by atoms with Crippen molar-refractivity contribution in [1.82, 2.24) is 14.5 Å². The smallest absolute Gasteiger partial charge is 0.168 e. The van der Waals surface area contributed by atoms with Crippen molar-refractivity contribution in [3.63, 3.8) is 0 Å². The van der Waals surface area contributed by atoms with Gasteiger partial charge in [0.2, 0.25) is 0 Å². The monoisotopic (exact) mass is 198 g/mol. The minimum atomic E-state index is 0.425. The predicted molar refractivity (Wildman–Crippen MR) is 55.9 cm³/mol. The molecule has 0 bridgehead atoms. The van der Waals surface area contributed by atoms with E-state index in [0.29, 0.717) is 5.69 Å². The molecule has 0 unspecified atom stereocenters. The van der Waals surface area contributed by atoms with Crippen LogP contribution in [-0.2, 0) is 7.05 Å². The molecule has 15 heavy (non-hydrogen) atoms. The fraction of sp³-hybridized carbons (Fsp3) is 0.182. The van der Waals surface area contributed by atoms with Crippen molar-refractivity contribution < 1.29 is 0 Å². The van der Waals surface area contributed by atoms with Crippen LogP contribution in [0.1, 0.15) is 11.5 Å². The number of hydrogen-bond acceptors (Lipinski definition) is 3. The van der Waals surface area contributed by atoms with E-state index in [2.05, 4.69) is 16.0 Å². The number of imidazole rings is 1. The van der Waals surface area contributed by atoms with Gasteiger partial charge in [-0.1, -0.05) is 6.07 Å². The molecule has 4 heteroatoms. The minimum absolute atomic E-state index is 0.425. The van der Waals surface area contributed by atoms with Crippen LogP contribution in [0.3, 0.4) is 0 Å². The van der Waals surface area contributed by atoms with E-state index >= 15 is 0 Å². The van der Waals surface area contributed by atoms with Crippen molar-refractivity contribution >= 4 is 0 Å². The molecule has 4 nitrogen and oxygen atoms in total. The molecule has 2 heterocycles. The third-order valence-electron chi connectivity index (χ3n) is 2.33. The summed E-state index contributed by atoms with van der Waals surface area (Å²) < 4.78 is 1.88. The summed E-state index contributed by atoms with van der Waals surface area (Å²) in [6, 6.07) is 7.70. The van der Waals surface area contributed by atoms with E-state index < -0.39 is 0 Å². The first kappa shape index (κ1) is 9.41. The number of pyridine rings is 1. The Morgan fingerprint density at radius 3 is 2.80 bits per heavy atom. The number of nitrogens with zero attached hydrogens (tertiary/aromatic N) is 4. The zero-order valence-corrected chi connectivity index (χ0v) is 8.60. The Morgan fingerprint density at radius 1 is 1.40 bits per heavy atom. The summed E-state index contributed by atoms with van der Waals surface area (Å²) in [4.78, 5) is 8.39. The molecule has 0 spiro atoms. The van der Waals surface area contributed by atoms with Crippen LogP contribution in [0.25, 0.3) is 11.4 Å². The van der Waals surface area contributed by atoms with E-state index in [1.165, 1.54) is 0 Å². The largest absolute Gasteiger partial charge is 0.329 e. The molecule has 0 radical (unpaired) electrons. The van der Waals surface area contributed by atoms with Crippen LogP contribution >= 0.6 is 0 Å². The molecule has 0 aliphatic heterocycles. The van der Waals surface area contributed by atoms with Gasteiger partial charge in [-0.15, -0.1) is 0 Å². The molecule has 0 aromatic carbocycles. The first-order chi connectivity index (χ1) is 7.24. The van der Waals surface area contributed by atoms with E-state index in [1.54, 1.807) is 6.20 Å². The molecule has 0 atom stereocenters. The van der Waals surface area contributed by atoms with Crippen molar-refractivity contribution in [3.8, 4) is 17.5 Å². The molecule has 0 amide bonds. The molecular formula is C11H10N4. The lowest BCUT2D eigenvalue weighted by molar-refractivity contribution is 0.862. The van der Waals surface area contributed by atoms with Crippen LogP contribution in [0.4, 0.5) is 0 Å². The Bertz CT molecular complexity index is 520. The van der Waals surface area contributed by atoms with E-state index in [9.17, 15) is 0 Å². The van der Waals surface area contributed by atoms with Crippen molar-refractivity contribution in [1.29, 1.82) is 5.26 Å². The molecule has 0 aliphatic carbocycles. The van der Waals surface area contributed by atoms with E-state index in [4.69, 9.17) is 5.26 Å². The first-order valence-corrected chi connectivity index (χ1v) is 4.59. The quantitative estimate of drug-likeness (QED) is 0.700. The van der Waals surface area contributed by atoms with Crippen LogP contribution < -0.4 is 0 Å². The predicted octanol–water partition coefficient (Wildman–Crippen LogP) is 1.66. The molecule has 0 saturated heterocycles. The molecule has 2 rings (SSSR count). The lowest BCUT2D eigenvalue weighted by atomic mass is 10.2. The zero-order valence-electron chi connectivity index (χ0n) is 8.60. The summed E-state index contributed by atoms with van der Waals surface area (Å²) in [6.07, 6.45) is 1.71. The standard InChI is InChI=1S/C11H10N4/c1-8-14-10(7-12)11(15(8)2)9-5-3-4-6-13-9/h3-6H,1-2H3. The number of nitriles is 1. The SMILES string of the molecule is Cc1nc(C#N)c(-c2ccccn2)n1C.